The predicted molar refractivity (Wildman–Crippen MR) is 46.7 cm³/mol. The third-order valence-corrected chi connectivity index (χ3v) is 3.81. The predicted octanol–water partition coefficient (Wildman–Crippen LogP) is -0.177. The SMILES string of the molecule is O=S1CNC2CC=C/C(=N\O)C21. The van der Waals surface area contributed by atoms with E-state index >= 15 is 0 Å². The van der Waals surface area contributed by atoms with E-state index in [1.807, 2.05) is 6.08 Å². The first-order valence-corrected chi connectivity index (χ1v) is 5.20. The molecule has 0 aromatic heterocycles. The van der Waals surface area contributed by atoms with Crippen molar-refractivity contribution in [3.8, 4) is 0 Å². The standard InChI is InChI=1S/C7H10N2O2S/c10-9-6-3-1-2-5-7(6)12(11)4-8-5/h1,3,5,7-8,10H,2,4H2/b9-6+. The quantitative estimate of drug-likeness (QED) is 0.407. The summed E-state index contributed by atoms with van der Waals surface area (Å²) >= 11 is 0. The van der Waals surface area contributed by atoms with Crippen LogP contribution < -0.4 is 5.32 Å². The number of hydrogen-bond acceptors (Lipinski definition) is 4. The van der Waals surface area contributed by atoms with Gasteiger partial charge in [0.05, 0.1) is 16.8 Å². The van der Waals surface area contributed by atoms with E-state index in [1.54, 1.807) is 6.08 Å². The van der Waals surface area contributed by atoms with Crippen molar-refractivity contribution in [3.63, 3.8) is 0 Å². The minimum atomic E-state index is -0.922. The highest BCUT2D eigenvalue weighted by Gasteiger charge is 2.37. The van der Waals surface area contributed by atoms with Gasteiger partial charge in [0, 0.05) is 16.8 Å². The Kier molecular flexibility index (Phi) is 1.98. The highest BCUT2D eigenvalue weighted by molar-refractivity contribution is 7.86. The first-order chi connectivity index (χ1) is 5.83. The van der Waals surface area contributed by atoms with E-state index < -0.39 is 10.8 Å². The van der Waals surface area contributed by atoms with Crippen LogP contribution in [-0.2, 0) is 10.8 Å². The van der Waals surface area contributed by atoms with Crippen molar-refractivity contribution in [3.05, 3.63) is 12.2 Å². The van der Waals surface area contributed by atoms with Crippen molar-refractivity contribution in [2.75, 3.05) is 5.88 Å². The third kappa shape index (κ3) is 1.09. The fraction of sp³-hybridized carbons (Fsp3) is 0.571. The molecule has 12 heavy (non-hydrogen) atoms. The molecule has 0 spiro atoms. The average Bonchev–Trinajstić information content (AvgIpc) is 2.48. The Morgan fingerprint density at radius 3 is 3.33 bits per heavy atom. The van der Waals surface area contributed by atoms with E-state index in [1.165, 1.54) is 0 Å². The second kappa shape index (κ2) is 2.99. The summed E-state index contributed by atoms with van der Waals surface area (Å²) in [5.74, 6) is 0.510. The van der Waals surface area contributed by atoms with Gasteiger partial charge in [-0.3, -0.25) is 4.21 Å². The Balaban J connectivity index is 2.33. The van der Waals surface area contributed by atoms with Gasteiger partial charge in [0.15, 0.2) is 0 Å². The average molecular weight is 186 g/mol. The zero-order chi connectivity index (χ0) is 8.55. The van der Waals surface area contributed by atoms with Crippen LogP contribution >= 0.6 is 0 Å². The summed E-state index contributed by atoms with van der Waals surface area (Å²) in [6.07, 6.45) is 4.55. The zero-order valence-electron chi connectivity index (χ0n) is 6.43. The third-order valence-electron chi connectivity index (χ3n) is 2.22. The lowest BCUT2D eigenvalue weighted by Crippen LogP contribution is -2.38. The van der Waals surface area contributed by atoms with E-state index in [-0.39, 0.29) is 11.3 Å². The molecule has 2 rings (SSSR count). The molecule has 66 valence electrons. The lowest BCUT2D eigenvalue weighted by Gasteiger charge is -2.19. The molecular formula is C7H10N2O2S. The second-order valence-electron chi connectivity index (χ2n) is 2.92. The van der Waals surface area contributed by atoms with E-state index in [0.29, 0.717) is 11.6 Å². The molecule has 2 N–H and O–H groups in total. The van der Waals surface area contributed by atoms with E-state index in [4.69, 9.17) is 5.21 Å². The fourth-order valence-electron chi connectivity index (χ4n) is 1.64. The molecule has 2 aliphatic rings. The lowest BCUT2D eigenvalue weighted by molar-refractivity contribution is 0.317. The highest BCUT2D eigenvalue weighted by atomic mass is 32.2. The maximum atomic E-state index is 11.4. The Labute approximate surface area is 72.8 Å². The van der Waals surface area contributed by atoms with Crippen LogP contribution in [0.3, 0.4) is 0 Å². The van der Waals surface area contributed by atoms with Crippen LogP contribution in [0.1, 0.15) is 6.42 Å². The maximum Gasteiger partial charge on any atom is 0.0971 e. The molecule has 0 bridgehead atoms. The summed E-state index contributed by atoms with van der Waals surface area (Å²) in [4.78, 5) is 0. The number of allylic oxidation sites excluding steroid dienone is 1. The molecule has 0 aromatic carbocycles. The molecule has 1 heterocycles. The Morgan fingerprint density at radius 1 is 1.75 bits per heavy atom. The van der Waals surface area contributed by atoms with Gasteiger partial charge in [-0.25, -0.2) is 0 Å². The summed E-state index contributed by atoms with van der Waals surface area (Å²) in [7, 11) is -0.922. The number of hydrogen-bond donors (Lipinski definition) is 2. The molecule has 4 nitrogen and oxygen atoms in total. The van der Waals surface area contributed by atoms with Crippen LogP contribution in [0.4, 0.5) is 0 Å². The van der Waals surface area contributed by atoms with Gasteiger partial charge in [-0.05, 0) is 12.5 Å². The Hall–Kier alpha value is -0.680. The van der Waals surface area contributed by atoms with E-state index in [2.05, 4.69) is 10.5 Å². The van der Waals surface area contributed by atoms with E-state index in [0.717, 1.165) is 6.42 Å². The highest BCUT2D eigenvalue weighted by Crippen LogP contribution is 2.20. The Morgan fingerprint density at radius 2 is 2.58 bits per heavy atom. The number of nitrogens with one attached hydrogen (secondary N) is 1. The number of oxime groups is 1. The van der Waals surface area contributed by atoms with Crippen LogP contribution in [0.25, 0.3) is 0 Å². The van der Waals surface area contributed by atoms with Crippen LogP contribution in [0, 0.1) is 0 Å². The summed E-state index contributed by atoms with van der Waals surface area (Å²) in [6, 6.07) is 0.196. The topological polar surface area (TPSA) is 61.7 Å². The summed E-state index contributed by atoms with van der Waals surface area (Å²) in [5, 5.41) is 14.8. The van der Waals surface area contributed by atoms with Gasteiger partial charge in [-0.1, -0.05) is 11.2 Å². The van der Waals surface area contributed by atoms with Crippen molar-refractivity contribution >= 4 is 16.5 Å². The smallest absolute Gasteiger partial charge is 0.0971 e. The fourth-order valence-corrected chi connectivity index (χ4v) is 3.16. The van der Waals surface area contributed by atoms with Gasteiger partial charge < -0.3 is 10.5 Å². The molecular weight excluding hydrogens is 176 g/mol. The molecule has 3 unspecified atom stereocenters. The molecule has 1 fully saturated rings. The minimum Gasteiger partial charge on any atom is -0.411 e. The monoisotopic (exact) mass is 186 g/mol. The van der Waals surface area contributed by atoms with Gasteiger partial charge in [-0.15, -0.1) is 0 Å². The molecule has 3 atom stereocenters. The molecule has 1 saturated heterocycles. The molecule has 0 aromatic rings. The maximum absolute atomic E-state index is 11.4. The first-order valence-electron chi connectivity index (χ1n) is 3.82. The van der Waals surface area contributed by atoms with Crippen LogP contribution in [0.15, 0.2) is 17.3 Å². The molecule has 5 heteroatoms. The van der Waals surface area contributed by atoms with Crippen molar-refractivity contribution in [2.24, 2.45) is 5.16 Å². The van der Waals surface area contributed by atoms with Crippen molar-refractivity contribution < 1.29 is 9.42 Å². The summed E-state index contributed by atoms with van der Waals surface area (Å²) in [6.45, 7) is 0. The summed E-state index contributed by atoms with van der Waals surface area (Å²) < 4.78 is 11.4. The van der Waals surface area contributed by atoms with Crippen LogP contribution in [-0.4, -0.2) is 32.3 Å². The van der Waals surface area contributed by atoms with Gasteiger partial charge >= 0.3 is 0 Å². The lowest BCUT2D eigenvalue weighted by atomic mass is 10.0. The van der Waals surface area contributed by atoms with Crippen LogP contribution in [0.5, 0.6) is 0 Å². The van der Waals surface area contributed by atoms with Crippen molar-refractivity contribution in [1.29, 1.82) is 0 Å². The molecule has 1 aliphatic carbocycles. The Bertz CT molecular complexity index is 275. The molecule has 0 saturated carbocycles. The van der Waals surface area contributed by atoms with Gasteiger partial charge in [0.2, 0.25) is 0 Å². The molecule has 0 amide bonds. The minimum absolute atomic E-state index is 0.111. The largest absolute Gasteiger partial charge is 0.411 e. The second-order valence-corrected chi connectivity index (χ2v) is 4.48. The van der Waals surface area contributed by atoms with Crippen LogP contribution in [0.2, 0.25) is 0 Å². The van der Waals surface area contributed by atoms with Crippen molar-refractivity contribution in [1.82, 2.24) is 5.32 Å². The van der Waals surface area contributed by atoms with Gasteiger partial charge in [0.1, 0.15) is 0 Å². The zero-order valence-corrected chi connectivity index (χ0v) is 7.25. The molecule has 1 aliphatic heterocycles. The van der Waals surface area contributed by atoms with Crippen molar-refractivity contribution in [2.45, 2.75) is 17.7 Å². The summed E-state index contributed by atoms with van der Waals surface area (Å²) in [5.41, 5.74) is 0.537. The van der Waals surface area contributed by atoms with Gasteiger partial charge in [-0.2, -0.15) is 0 Å². The number of fused-ring (bicyclic) bond motifs is 1. The van der Waals surface area contributed by atoms with Gasteiger partial charge in [0.25, 0.3) is 0 Å². The normalized spacial score (nSPS) is 43.3. The number of nitrogens with zero attached hydrogens (tertiary/aromatic N) is 1. The number of rotatable bonds is 0. The van der Waals surface area contributed by atoms with E-state index in [9.17, 15) is 4.21 Å². The first kappa shape index (κ1) is 7.94. The molecule has 0 radical (unpaired) electrons.